The number of aromatic hydroxyl groups is 4. The fourth-order valence-electron chi connectivity index (χ4n) is 6.36. The topological polar surface area (TPSA) is 200 Å². The first kappa shape index (κ1) is 25.9. The van der Waals surface area contributed by atoms with Gasteiger partial charge in [-0.25, -0.2) is 0 Å². The lowest BCUT2D eigenvalue weighted by molar-refractivity contribution is -0.118. The molecule has 0 saturated carbocycles. The summed E-state index contributed by atoms with van der Waals surface area (Å²) in [5.74, 6) is -4.27. The molecule has 6 N–H and O–H groups in total. The lowest BCUT2D eigenvalue weighted by atomic mass is 9.65. The van der Waals surface area contributed by atoms with Gasteiger partial charge < -0.3 is 44.8 Å². The number of rotatable bonds is 2. The SMILES string of the molecule is O=C1C=CC2(C3Oc4cc(O)cc(O)c4C(=O)C3O)c3c(cc(O)c4c3OC(c3ccc(O)cc3)C(O)C4=O)OC2C1. The van der Waals surface area contributed by atoms with Gasteiger partial charge in [0.05, 0.1) is 11.0 Å². The van der Waals surface area contributed by atoms with Crippen LogP contribution >= 0.6 is 0 Å². The van der Waals surface area contributed by atoms with Crippen LogP contribution < -0.4 is 14.2 Å². The summed E-state index contributed by atoms with van der Waals surface area (Å²) in [6, 6.07) is 8.72. The molecule has 4 aliphatic rings. The number of phenolic OH excluding ortho intramolecular Hbond substituents is 4. The van der Waals surface area contributed by atoms with E-state index in [1.165, 1.54) is 36.4 Å². The van der Waals surface area contributed by atoms with E-state index in [4.69, 9.17) is 14.2 Å². The number of aliphatic hydroxyl groups is 2. The highest BCUT2D eigenvalue weighted by Crippen LogP contribution is 2.59. The maximum atomic E-state index is 13.5. The number of benzene rings is 3. The van der Waals surface area contributed by atoms with Gasteiger partial charge >= 0.3 is 0 Å². The summed E-state index contributed by atoms with van der Waals surface area (Å²) in [4.78, 5) is 39.4. The van der Waals surface area contributed by atoms with Gasteiger partial charge in [-0.2, -0.15) is 0 Å². The number of ether oxygens (including phenoxy) is 3. The van der Waals surface area contributed by atoms with E-state index in [2.05, 4.69) is 0 Å². The number of phenols is 4. The fraction of sp³-hybridized carbons (Fsp3) is 0.233. The maximum Gasteiger partial charge on any atom is 0.202 e. The second-order valence-electron chi connectivity index (χ2n) is 10.6. The van der Waals surface area contributed by atoms with Crippen LogP contribution in [0, 0.1) is 0 Å². The lowest BCUT2D eigenvalue weighted by Gasteiger charge is -2.44. The van der Waals surface area contributed by atoms with Crippen molar-refractivity contribution >= 4 is 17.3 Å². The largest absolute Gasteiger partial charge is 0.508 e. The van der Waals surface area contributed by atoms with Gasteiger partial charge in [0, 0.05) is 24.6 Å². The van der Waals surface area contributed by atoms with Crippen molar-refractivity contribution < 1.29 is 59.2 Å². The van der Waals surface area contributed by atoms with Gasteiger partial charge in [0.25, 0.3) is 0 Å². The van der Waals surface area contributed by atoms with E-state index in [1.54, 1.807) is 0 Å². The van der Waals surface area contributed by atoms with Gasteiger partial charge in [0.15, 0.2) is 24.1 Å². The number of hydrogen-bond donors (Lipinski definition) is 6. The van der Waals surface area contributed by atoms with Crippen LogP contribution in [0.3, 0.4) is 0 Å². The Hall–Kier alpha value is -5.07. The first-order valence-electron chi connectivity index (χ1n) is 12.9. The van der Waals surface area contributed by atoms with Crippen LogP contribution in [-0.2, 0) is 10.2 Å². The average molecular weight is 574 g/mol. The standard InChI is InChI=1S/C30H22O12/c31-12-3-1-11(2-4-12)27-25(38)24(37)21-16(35)10-18-22(28(21)42-27)30(6-5-13(32)9-19(30)40-18)29-26(39)23(36)20-15(34)7-14(33)8-17(20)41-29/h1-8,10,19,25-27,29,31,33-35,38-39H,9H2. The summed E-state index contributed by atoms with van der Waals surface area (Å²) in [5.41, 5.74) is -2.00. The Morgan fingerprint density at radius 3 is 2.17 bits per heavy atom. The maximum absolute atomic E-state index is 13.5. The second-order valence-corrected chi connectivity index (χ2v) is 10.6. The average Bonchev–Trinajstić information content (AvgIpc) is 3.26. The Labute approximate surface area is 236 Å². The molecule has 6 atom stereocenters. The van der Waals surface area contributed by atoms with Crippen LogP contribution in [0.15, 0.2) is 54.6 Å². The molecule has 3 heterocycles. The van der Waals surface area contributed by atoms with Crippen molar-refractivity contribution in [2.75, 3.05) is 0 Å². The number of aliphatic hydroxyl groups excluding tert-OH is 2. The number of ketones is 3. The molecule has 0 spiro atoms. The highest BCUT2D eigenvalue weighted by Gasteiger charge is 2.63. The Balaban J connectivity index is 1.46. The monoisotopic (exact) mass is 574 g/mol. The van der Waals surface area contributed by atoms with E-state index < -0.39 is 64.7 Å². The van der Waals surface area contributed by atoms with E-state index in [9.17, 15) is 45.0 Å². The number of hydrogen-bond acceptors (Lipinski definition) is 12. The Morgan fingerprint density at radius 2 is 1.43 bits per heavy atom. The molecular formula is C30H22O12. The number of carbonyl (C=O) groups excluding carboxylic acids is 3. The van der Waals surface area contributed by atoms with E-state index in [0.717, 1.165) is 18.2 Å². The predicted octanol–water partition coefficient (Wildman–Crippen LogP) is 1.72. The van der Waals surface area contributed by atoms with Crippen molar-refractivity contribution in [3.05, 3.63) is 76.9 Å². The first-order valence-corrected chi connectivity index (χ1v) is 12.9. The summed E-state index contributed by atoms with van der Waals surface area (Å²) >= 11 is 0. The minimum absolute atomic E-state index is 0.0166. The van der Waals surface area contributed by atoms with E-state index in [-0.39, 0.29) is 51.9 Å². The molecule has 1 aliphatic carbocycles. The molecular weight excluding hydrogens is 552 g/mol. The quantitative estimate of drug-likeness (QED) is 0.259. The minimum Gasteiger partial charge on any atom is -0.508 e. The first-order chi connectivity index (χ1) is 20.0. The van der Waals surface area contributed by atoms with Crippen molar-refractivity contribution in [1.29, 1.82) is 0 Å². The molecule has 3 aliphatic heterocycles. The normalized spacial score (nSPS) is 29.0. The Bertz CT molecular complexity index is 1740. The van der Waals surface area contributed by atoms with Crippen molar-refractivity contribution in [1.82, 2.24) is 0 Å². The van der Waals surface area contributed by atoms with Gasteiger partial charge in [-0.05, 0) is 23.8 Å². The predicted molar refractivity (Wildman–Crippen MR) is 139 cm³/mol. The minimum atomic E-state index is -1.93. The molecule has 0 radical (unpaired) electrons. The lowest BCUT2D eigenvalue weighted by Crippen LogP contribution is -2.60. The third kappa shape index (κ3) is 3.39. The van der Waals surface area contributed by atoms with Gasteiger partial charge in [-0.3, -0.25) is 14.4 Å². The molecule has 0 bridgehead atoms. The van der Waals surface area contributed by atoms with Gasteiger partial charge in [-0.15, -0.1) is 0 Å². The van der Waals surface area contributed by atoms with Crippen LogP contribution in [-0.4, -0.2) is 72.4 Å². The molecule has 0 aromatic heterocycles. The number of Topliss-reactive ketones (excluding diaryl/α,β-unsaturated/α-hetero) is 2. The van der Waals surface area contributed by atoms with Crippen molar-refractivity contribution in [3.8, 4) is 40.2 Å². The molecule has 0 saturated heterocycles. The molecule has 3 aromatic rings. The molecule has 42 heavy (non-hydrogen) atoms. The summed E-state index contributed by atoms with van der Waals surface area (Å²) < 4.78 is 18.4. The van der Waals surface area contributed by atoms with Crippen LogP contribution in [0.4, 0.5) is 0 Å². The summed E-state index contributed by atoms with van der Waals surface area (Å²) in [6.07, 6.45) is -5.23. The molecule has 6 unspecified atom stereocenters. The van der Waals surface area contributed by atoms with E-state index >= 15 is 0 Å². The van der Waals surface area contributed by atoms with Crippen LogP contribution in [0.2, 0.25) is 0 Å². The summed E-state index contributed by atoms with van der Waals surface area (Å²) in [5, 5.41) is 63.2. The highest BCUT2D eigenvalue weighted by molar-refractivity contribution is 6.08. The van der Waals surface area contributed by atoms with Gasteiger partial charge in [0.2, 0.25) is 11.6 Å². The molecule has 0 amide bonds. The summed E-state index contributed by atoms with van der Waals surface area (Å²) in [6.45, 7) is 0. The molecule has 12 nitrogen and oxygen atoms in total. The molecule has 7 rings (SSSR count). The van der Waals surface area contributed by atoms with Crippen LogP contribution in [0.25, 0.3) is 0 Å². The van der Waals surface area contributed by atoms with E-state index in [1.807, 2.05) is 0 Å². The van der Waals surface area contributed by atoms with Gasteiger partial charge in [0.1, 0.15) is 63.6 Å². The van der Waals surface area contributed by atoms with Crippen molar-refractivity contribution in [2.24, 2.45) is 0 Å². The summed E-state index contributed by atoms with van der Waals surface area (Å²) in [7, 11) is 0. The fourth-order valence-corrected chi connectivity index (χ4v) is 6.36. The molecule has 12 heteroatoms. The third-order valence-corrected chi connectivity index (χ3v) is 8.25. The number of allylic oxidation sites excluding steroid dienone is 1. The number of carbonyl (C=O) groups is 3. The molecule has 0 fully saturated rings. The van der Waals surface area contributed by atoms with Crippen molar-refractivity contribution in [2.45, 2.75) is 42.4 Å². The van der Waals surface area contributed by atoms with Crippen LogP contribution in [0.5, 0.6) is 40.2 Å². The zero-order valence-electron chi connectivity index (χ0n) is 21.4. The van der Waals surface area contributed by atoms with Gasteiger partial charge in [-0.1, -0.05) is 18.2 Å². The number of fused-ring (bicyclic) bond motifs is 6. The molecule has 214 valence electrons. The van der Waals surface area contributed by atoms with Crippen LogP contribution in [0.1, 0.15) is 44.4 Å². The zero-order chi connectivity index (χ0) is 29.7. The second kappa shape index (κ2) is 8.71. The Kier molecular flexibility index (Phi) is 5.37. The zero-order valence-corrected chi connectivity index (χ0v) is 21.4. The smallest absolute Gasteiger partial charge is 0.202 e. The Morgan fingerprint density at radius 1 is 0.738 bits per heavy atom. The highest BCUT2D eigenvalue weighted by atomic mass is 16.5. The third-order valence-electron chi connectivity index (χ3n) is 8.25. The van der Waals surface area contributed by atoms with E-state index in [0.29, 0.717) is 5.56 Å². The van der Waals surface area contributed by atoms with Crippen molar-refractivity contribution in [3.63, 3.8) is 0 Å². The molecule has 3 aromatic carbocycles.